The van der Waals surface area contributed by atoms with E-state index in [2.05, 4.69) is 16.5 Å². The molecule has 3 rings (SSSR count). The average molecular weight is 287 g/mol. The monoisotopic (exact) mass is 287 g/mol. The number of rotatable bonds is 3. The Morgan fingerprint density at radius 2 is 2.29 bits per heavy atom. The van der Waals surface area contributed by atoms with Crippen molar-refractivity contribution in [1.82, 2.24) is 9.78 Å². The van der Waals surface area contributed by atoms with Gasteiger partial charge in [-0.15, -0.1) is 0 Å². The molecule has 1 aliphatic heterocycles. The molecular formula is C16H21N3O2. The van der Waals surface area contributed by atoms with Crippen molar-refractivity contribution in [1.29, 1.82) is 0 Å². The number of ether oxygens (including phenoxy) is 2. The number of nitrogens with zero attached hydrogens (tertiary/aromatic N) is 2. The van der Waals surface area contributed by atoms with E-state index in [0.717, 1.165) is 47.9 Å². The molecule has 112 valence electrons. The fraction of sp³-hybridized carbons (Fsp3) is 0.438. The molecule has 1 unspecified atom stereocenters. The lowest BCUT2D eigenvalue weighted by atomic mass is 10.0. The summed E-state index contributed by atoms with van der Waals surface area (Å²) < 4.78 is 13.0. The van der Waals surface area contributed by atoms with Crippen LogP contribution in [-0.2, 0) is 7.05 Å². The predicted molar refractivity (Wildman–Crippen MR) is 82.0 cm³/mol. The number of aryl methyl sites for hydroxylation is 2. The third-order valence-electron chi connectivity index (χ3n) is 3.83. The van der Waals surface area contributed by atoms with Crippen molar-refractivity contribution in [3.05, 3.63) is 35.7 Å². The molecule has 1 N–H and O–H groups in total. The van der Waals surface area contributed by atoms with E-state index >= 15 is 0 Å². The molecule has 1 aromatic heterocycles. The summed E-state index contributed by atoms with van der Waals surface area (Å²) in [7, 11) is 3.62. The largest absolute Gasteiger partial charge is 0.497 e. The summed E-state index contributed by atoms with van der Waals surface area (Å²) in [5.74, 6) is 1.79. The van der Waals surface area contributed by atoms with Gasteiger partial charge < -0.3 is 14.8 Å². The van der Waals surface area contributed by atoms with E-state index in [0.29, 0.717) is 0 Å². The molecule has 0 saturated carbocycles. The highest BCUT2D eigenvalue weighted by atomic mass is 16.5. The van der Waals surface area contributed by atoms with Crippen LogP contribution in [0.2, 0.25) is 0 Å². The van der Waals surface area contributed by atoms with E-state index in [1.54, 1.807) is 7.11 Å². The van der Waals surface area contributed by atoms with Crippen molar-refractivity contribution in [3.8, 4) is 11.5 Å². The number of fused-ring (bicyclic) bond motifs is 1. The summed E-state index contributed by atoms with van der Waals surface area (Å²) >= 11 is 0. The van der Waals surface area contributed by atoms with Crippen LogP contribution in [0.1, 0.15) is 30.1 Å². The van der Waals surface area contributed by atoms with Crippen molar-refractivity contribution < 1.29 is 9.47 Å². The minimum atomic E-state index is 0.209. The van der Waals surface area contributed by atoms with E-state index in [9.17, 15) is 0 Å². The highest BCUT2D eigenvalue weighted by Crippen LogP contribution is 2.36. The number of methoxy groups -OCH3 is 1. The fourth-order valence-electron chi connectivity index (χ4n) is 2.76. The minimum Gasteiger partial charge on any atom is -0.497 e. The normalized spacial score (nSPS) is 17.6. The van der Waals surface area contributed by atoms with Gasteiger partial charge >= 0.3 is 0 Å². The Morgan fingerprint density at radius 3 is 3.00 bits per heavy atom. The second kappa shape index (κ2) is 5.68. The molecular weight excluding hydrogens is 266 g/mol. The number of hydrogen-bond acceptors (Lipinski definition) is 4. The first-order valence-corrected chi connectivity index (χ1v) is 7.25. The zero-order valence-corrected chi connectivity index (χ0v) is 12.7. The number of benzene rings is 1. The van der Waals surface area contributed by atoms with Gasteiger partial charge in [0, 0.05) is 18.8 Å². The van der Waals surface area contributed by atoms with Gasteiger partial charge in [-0.2, -0.15) is 5.10 Å². The molecule has 21 heavy (non-hydrogen) atoms. The van der Waals surface area contributed by atoms with Crippen LogP contribution in [0.3, 0.4) is 0 Å². The number of hydrogen-bond donors (Lipinski definition) is 1. The Balaban J connectivity index is 1.93. The molecule has 2 aromatic rings. The summed E-state index contributed by atoms with van der Waals surface area (Å²) in [6.07, 6.45) is 4.06. The molecule has 0 fully saturated rings. The highest BCUT2D eigenvalue weighted by Gasteiger charge is 2.21. The van der Waals surface area contributed by atoms with Gasteiger partial charge in [0.05, 0.1) is 31.1 Å². The molecule has 5 heteroatoms. The van der Waals surface area contributed by atoms with E-state index < -0.39 is 0 Å². The number of anilines is 1. The van der Waals surface area contributed by atoms with Gasteiger partial charge in [-0.05, 0) is 38.0 Å². The van der Waals surface area contributed by atoms with Gasteiger partial charge in [0.1, 0.15) is 11.5 Å². The molecule has 0 amide bonds. The van der Waals surface area contributed by atoms with Crippen molar-refractivity contribution in [2.75, 3.05) is 19.0 Å². The standard InChI is InChI=1S/C16H21N3O2/c1-11-15(10-19(2)18-11)17-14-5-4-8-21-16-7-6-12(20-3)9-13(14)16/h6-7,9-10,14,17H,4-5,8H2,1-3H3. The van der Waals surface area contributed by atoms with E-state index in [1.807, 2.05) is 37.0 Å². The second-order valence-corrected chi connectivity index (χ2v) is 5.39. The van der Waals surface area contributed by atoms with E-state index in [4.69, 9.17) is 9.47 Å². The summed E-state index contributed by atoms with van der Waals surface area (Å²) in [5.41, 5.74) is 3.22. The van der Waals surface area contributed by atoms with Crippen LogP contribution < -0.4 is 14.8 Å². The summed E-state index contributed by atoms with van der Waals surface area (Å²) in [5, 5.41) is 7.99. The first-order chi connectivity index (χ1) is 10.2. The zero-order chi connectivity index (χ0) is 14.8. The molecule has 5 nitrogen and oxygen atoms in total. The van der Waals surface area contributed by atoms with Crippen LogP contribution in [0.4, 0.5) is 5.69 Å². The molecule has 0 spiro atoms. The number of nitrogens with one attached hydrogen (secondary N) is 1. The Labute approximate surface area is 124 Å². The van der Waals surface area contributed by atoms with Gasteiger partial charge in [-0.1, -0.05) is 0 Å². The maximum Gasteiger partial charge on any atom is 0.124 e. The van der Waals surface area contributed by atoms with Crippen LogP contribution >= 0.6 is 0 Å². The Kier molecular flexibility index (Phi) is 3.73. The Hall–Kier alpha value is -2.17. The van der Waals surface area contributed by atoms with Gasteiger partial charge in [0.15, 0.2) is 0 Å². The van der Waals surface area contributed by atoms with Crippen molar-refractivity contribution in [2.45, 2.75) is 25.8 Å². The molecule has 1 aromatic carbocycles. The zero-order valence-electron chi connectivity index (χ0n) is 12.7. The fourth-order valence-corrected chi connectivity index (χ4v) is 2.76. The summed E-state index contributed by atoms with van der Waals surface area (Å²) in [6, 6.07) is 6.20. The Bertz CT molecular complexity index is 636. The molecule has 0 aliphatic carbocycles. The van der Waals surface area contributed by atoms with E-state index in [1.165, 1.54) is 0 Å². The minimum absolute atomic E-state index is 0.209. The van der Waals surface area contributed by atoms with Crippen molar-refractivity contribution in [3.63, 3.8) is 0 Å². The maximum atomic E-state index is 5.83. The quantitative estimate of drug-likeness (QED) is 0.942. The van der Waals surface area contributed by atoms with Crippen molar-refractivity contribution >= 4 is 5.69 Å². The highest BCUT2D eigenvalue weighted by molar-refractivity contribution is 5.51. The van der Waals surface area contributed by atoms with Crippen LogP contribution in [0, 0.1) is 6.92 Å². The Morgan fingerprint density at radius 1 is 1.43 bits per heavy atom. The van der Waals surface area contributed by atoms with Gasteiger partial charge in [-0.25, -0.2) is 0 Å². The smallest absolute Gasteiger partial charge is 0.124 e. The summed E-state index contributed by atoms with van der Waals surface area (Å²) in [4.78, 5) is 0. The van der Waals surface area contributed by atoms with Gasteiger partial charge in [-0.3, -0.25) is 4.68 Å². The molecule has 2 heterocycles. The third kappa shape index (κ3) is 2.82. The maximum absolute atomic E-state index is 5.83. The lowest BCUT2D eigenvalue weighted by molar-refractivity contribution is 0.316. The summed E-state index contributed by atoms with van der Waals surface area (Å²) in [6.45, 7) is 2.77. The molecule has 0 bridgehead atoms. The SMILES string of the molecule is COc1ccc2c(c1)C(Nc1cn(C)nc1C)CCCO2. The number of aromatic nitrogens is 2. The molecule has 0 radical (unpaired) electrons. The molecule has 1 atom stereocenters. The van der Waals surface area contributed by atoms with Crippen LogP contribution in [-0.4, -0.2) is 23.5 Å². The predicted octanol–water partition coefficient (Wildman–Crippen LogP) is 3.06. The van der Waals surface area contributed by atoms with Crippen molar-refractivity contribution in [2.24, 2.45) is 7.05 Å². The van der Waals surface area contributed by atoms with Gasteiger partial charge in [0.2, 0.25) is 0 Å². The first-order valence-electron chi connectivity index (χ1n) is 7.25. The van der Waals surface area contributed by atoms with Crippen LogP contribution in [0.5, 0.6) is 11.5 Å². The lowest BCUT2D eigenvalue weighted by Crippen LogP contribution is -2.10. The van der Waals surface area contributed by atoms with E-state index in [-0.39, 0.29) is 6.04 Å². The van der Waals surface area contributed by atoms with Crippen LogP contribution in [0.25, 0.3) is 0 Å². The average Bonchev–Trinajstić information content (AvgIpc) is 2.69. The van der Waals surface area contributed by atoms with Gasteiger partial charge in [0.25, 0.3) is 0 Å². The lowest BCUT2D eigenvalue weighted by Gasteiger charge is -2.19. The second-order valence-electron chi connectivity index (χ2n) is 5.39. The topological polar surface area (TPSA) is 48.3 Å². The third-order valence-corrected chi connectivity index (χ3v) is 3.83. The van der Waals surface area contributed by atoms with Crippen LogP contribution in [0.15, 0.2) is 24.4 Å². The first kappa shape index (κ1) is 13.8. The molecule has 0 saturated heterocycles. The molecule has 1 aliphatic rings.